The Morgan fingerprint density at radius 3 is 2.38 bits per heavy atom. The Morgan fingerprint density at radius 2 is 1.85 bits per heavy atom. The van der Waals surface area contributed by atoms with E-state index in [1.54, 1.807) is 20.8 Å². The summed E-state index contributed by atoms with van der Waals surface area (Å²) >= 11 is 0. The van der Waals surface area contributed by atoms with Crippen LogP contribution in [0.25, 0.3) is 0 Å². The van der Waals surface area contributed by atoms with Crippen LogP contribution in [0.2, 0.25) is 0 Å². The largest absolute Gasteiger partial charge is 0.480 e. The summed E-state index contributed by atoms with van der Waals surface area (Å²) in [6.45, 7) is 8.07. The lowest BCUT2D eigenvalue weighted by Gasteiger charge is -2.33. The molecule has 1 fully saturated rings. The molecule has 6 nitrogen and oxygen atoms in total. The summed E-state index contributed by atoms with van der Waals surface area (Å²) in [7, 11) is 0. The Morgan fingerprint density at radius 1 is 1.23 bits per heavy atom. The summed E-state index contributed by atoms with van der Waals surface area (Å²) in [6.07, 6.45) is 1.64. The molecule has 6 heteroatoms. The molecule has 0 radical (unpaired) electrons. The van der Waals surface area contributed by atoms with E-state index in [9.17, 15) is 14.7 Å². The van der Waals surface area contributed by atoms with Crippen LogP contribution in [0, 0.1) is 5.92 Å². The van der Waals surface area contributed by atoms with Crippen molar-refractivity contribution in [3.05, 3.63) is 35.9 Å². The zero-order chi connectivity index (χ0) is 19.2. The van der Waals surface area contributed by atoms with Gasteiger partial charge in [0.05, 0.1) is 0 Å². The summed E-state index contributed by atoms with van der Waals surface area (Å²) in [5.41, 5.74) is 0.650. The maximum atomic E-state index is 11.9. The summed E-state index contributed by atoms with van der Waals surface area (Å²) in [5.74, 6) is -0.722. The Balaban J connectivity index is 1.80. The number of hydrogen-bond donors (Lipinski definition) is 2. The van der Waals surface area contributed by atoms with Gasteiger partial charge in [-0.25, -0.2) is 9.59 Å². The van der Waals surface area contributed by atoms with Gasteiger partial charge in [0, 0.05) is 6.54 Å². The quantitative estimate of drug-likeness (QED) is 0.812. The number of carboxylic acid groups (broad SMARTS) is 1. The first kappa shape index (κ1) is 20.2. The average molecular weight is 362 g/mol. The van der Waals surface area contributed by atoms with Crippen molar-refractivity contribution < 1.29 is 19.4 Å². The fourth-order valence-corrected chi connectivity index (χ4v) is 3.23. The SMILES string of the molecule is CC(C)(C)OC(=O)N[C@H](CC1CCN(Cc2ccccc2)CC1)C(=O)O. The van der Waals surface area contributed by atoms with Gasteiger partial charge in [-0.3, -0.25) is 4.90 Å². The van der Waals surface area contributed by atoms with Crippen LogP contribution in [0.3, 0.4) is 0 Å². The number of carbonyl (C=O) groups excluding carboxylic acids is 1. The van der Waals surface area contributed by atoms with E-state index in [0.29, 0.717) is 6.42 Å². The van der Waals surface area contributed by atoms with Crippen LogP contribution in [0.4, 0.5) is 4.79 Å². The number of nitrogens with zero attached hydrogens (tertiary/aromatic N) is 1. The Kier molecular flexibility index (Phi) is 7.03. The summed E-state index contributed by atoms with van der Waals surface area (Å²) < 4.78 is 5.17. The number of hydrogen-bond acceptors (Lipinski definition) is 4. The van der Waals surface area contributed by atoms with Crippen molar-refractivity contribution in [3.63, 3.8) is 0 Å². The first-order valence-corrected chi connectivity index (χ1v) is 9.21. The van der Waals surface area contributed by atoms with Crippen molar-refractivity contribution in [3.8, 4) is 0 Å². The molecule has 0 saturated carbocycles. The molecule has 1 aliphatic heterocycles. The molecule has 1 aliphatic rings. The second-order valence-electron chi connectivity index (χ2n) is 7.98. The third-order valence-electron chi connectivity index (χ3n) is 4.51. The van der Waals surface area contributed by atoms with E-state index in [-0.39, 0.29) is 5.92 Å². The molecule has 2 rings (SSSR count). The zero-order valence-electron chi connectivity index (χ0n) is 15.9. The third-order valence-corrected chi connectivity index (χ3v) is 4.51. The van der Waals surface area contributed by atoms with Crippen LogP contribution in [0.1, 0.15) is 45.6 Å². The van der Waals surface area contributed by atoms with E-state index in [4.69, 9.17) is 4.74 Å². The number of aliphatic carboxylic acids is 1. The number of alkyl carbamates (subject to hydrolysis) is 1. The van der Waals surface area contributed by atoms with Crippen LogP contribution < -0.4 is 5.32 Å². The van der Waals surface area contributed by atoms with E-state index in [1.807, 2.05) is 18.2 Å². The van der Waals surface area contributed by atoms with E-state index in [1.165, 1.54) is 5.56 Å². The lowest BCUT2D eigenvalue weighted by atomic mass is 9.90. The lowest BCUT2D eigenvalue weighted by molar-refractivity contribution is -0.140. The van der Waals surface area contributed by atoms with Crippen molar-refractivity contribution >= 4 is 12.1 Å². The molecular formula is C20H30N2O4. The minimum atomic E-state index is -1.01. The van der Waals surface area contributed by atoms with Crippen molar-refractivity contribution in [2.75, 3.05) is 13.1 Å². The number of rotatable bonds is 6. The number of amides is 1. The van der Waals surface area contributed by atoms with Gasteiger partial charge in [0.2, 0.25) is 0 Å². The van der Waals surface area contributed by atoms with Crippen LogP contribution in [0.15, 0.2) is 30.3 Å². The van der Waals surface area contributed by atoms with Crippen LogP contribution in [0.5, 0.6) is 0 Å². The predicted molar refractivity (Wildman–Crippen MR) is 99.9 cm³/mol. The highest BCUT2D eigenvalue weighted by molar-refractivity contribution is 5.80. The third kappa shape index (κ3) is 7.04. The van der Waals surface area contributed by atoms with Crippen LogP contribution >= 0.6 is 0 Å². The topological polar surface area (TPSA) is 78.9 Å². The average Bonchev–Trinajstić information content (AvgIpc) is 2.55. The van der Waals surface area contributed by atoms with Crippen molar-refractivity contribution in [1.29, 1.82) is 0 Å². The molecule has 0 spiro atoms. The molecule has 0 bridgehead atoms. The number of likely N-dealkylation sites (tertiary alicyclic amines) is 1. The maximum absolute atomic E-state index is 11.9. The Labute approximate surface area is 155 Å². The first-order chi connectivity index (χ1) is 12.2. The highest BCUT2D eigenvalue weighted by Gasteiger charge is 2.28. The summed E-state index contributed by atoms with van der Waals surface area (Å²) in [6, 6.07) is 9.44. The summed E-state index contributed by atoms with van der Waals surface area (Å²) in [4.78, 5) is 25.8. The molecule has 144 valence electrons. The zero-order valence-corrected chi connectivity index (χ0v) is 15.9. The van der Waals surface area contributed by atoms with E-state index in [0.717, 1.165) is 32.5 Å². The highest BCUT2D eigenvalue weighted by Crippen LogP contribution is 2.23. The number of ether oxygens (including phenoxy) is 1. The molecule has 0 unspecified atom stereocenters. The van der Waals surface area contributed by atoms with Gasteiger partial charge in [0.25, 0.3) is 0 Å². The minimum Gasteiger partial charge on any atom is -0.480 e. The smallest absolute Gasteiger partial charge is 0.408 e. The molecule has 1 atom stereocenters. The van der Waals surface area contributed by atoms with Gasteiger partial charge in [0.1, 0.15) is 11.6 Å². The molecule has 2 N–H and O–H groups in total. The standard InChI is InChI=1S/C20H30N2O4/c1-20(2,3)26-19(25)21-17(18(23)24)13-15-9-11-22(12-10-15)14-16-7-5-4-6-8-16/h4-8,15,17H,9-14H2,1-3H3,(H,21,25)(H,23,24)/t17-/m1/s1. The van der Waals surface area contributed by atoms with Gasteiger partial charge in [0.15, 0.2) is 0 Å². The highest BCUT2D eigenvalue weighted by atomic mass is 16.6. The van der Waals surface area contributed by atoms with Gasteiger partial charge >= 0.3 is 12.1 Å². The van der Waals surface area contributed by atoms with E-state index < -0.39 is 23.7 Å². The molecular weight excluding hydrogens is 332 g/mol. The molecule has 1 amide bonds. The van der Waals surface area contributed by atoms with E-state index >= 15 is 0 Å². The Hall–Kier alpha value is -2.08. The Bertz CT molecular complexity index is 590. The number of carboxylic acids is 1. The second-order valence-corrected chi connectivity index (χ2v) is 7.98. The second kappa shape index (κ2) is 9.03. The summed E-state index contributed by atoms with van der Waals surface area (Å²) in [5, 5.41) is 11.9. The van der Waals surface area contributed by atoms with Crippen LogP contribution in [-0.4, -0.2) is 46.8 Å². The maximum Gasteiger partial charge on any atom is 0.408 e. The molecule has 1 heterocycles. The monoisotopic (exact) mass is 362 g/mol. The van der Waals surface area contributed by atoms with E-state index in [2.05, 4.69) is 22.3 Å². The molecule has 26 heavy (non-hydrogen) atoms. The molecule has 1 aromatic carbocycles. The fraction of sp³-hybridized carbons (Fsp3) is 0.600. The fourth-order valence-electron chi connectivity index (χ4n) is 3.23. The van der Waals surface area contributed by atoms with Gasteiger partial charge in [-0.1, -0.05) is 30.3 Å². The number of carbonyl (C=O) groups is 2. The molecule has 1 aromatic rings. The predicted octanol–water partition coefficient (Wildman–Crippen LogP) is 3.27. The number of piperidine rings is 1. The normalized spacial score (nSPS) is 17.5. The molecule has 0 aromatic heterocycles. The van der Waals surface area contributed by atoms with Gasteiger partial charge in [-0.05, 0) is 64.6 Å². The van der Waals surface area contributed by atoms with Crippen molar-refractivity contribution in [1.82, 2.24) is 10.2 Å². The van der Waals surface area contributed by atoms with Gasteiger partial charge in [-0.2, -0.15) is 0 Å². The van der Waals surface area contributed by atoms with Gasteiger partial charge in [-0.15, -0.1) is 0 Å². The number of benzene rings is 1. The minimum absolute atomic E-state index is 0.290. The molecule has 1 saturated heterocycles. The van der Waals surface area contributed by atoms with Gasteiger partial charge < -0.3 is 15.2 Å². The van der Waals surface area contributed by atoms with Crippen molar-refractivity contribution in [2.45, 2.75) is 58.2 Å². The van der Waals surface area contributed by atoms with Crippen LogP contribution in [-0.2, 0) is 16.1 Å². The lowest BCUT2D eigenvalue weighted by Crippen LogP contribution is -2.45. The first-order valence-electron chi connectivity index (χ1n) is 9.21. The van der Waals surface area contributed by atoms with Crippen molar-refractivity contribution in [2.24, 2.45) is 5.92 Å². The molecule has 0 aliphatic carbocycles. The number of nitrogens with one attached hydrogen (secondary N) is 1.